The van der Waals surface area contributed by atoms with Crippen LogP contribution in [0, 0.1) is 0 Å². The van der Waals surface area contributed by atoms with E-state index in [0.717, 1.165) is 11.5 Å². The monoisotopic (exact) mass is 185 g/mol. The molecule has 1 heterocycles. The van der Waals surface area contributed by atoms with Gasteiger partial charge in [0.1, 0.15) is 12.6 Å². The minimum atomic E-state index is -0.963. The number of rotatable bonds is 3. The molecule has 1 radical (unpaired) electrons. The Morgan fingerprint density at radius 3 is 3.00 bits per heavy atom. The third-order valence-electron chi connectivity index (χ3n) is 0.971. The van der Waals surface area contributed by atoms with Crippen LogP contribution in [0.5, 0.6) is 0 Å². The normalized spacial score (nSPS) is 11.2. The van der Waals surface area contributed by atoms with Crippen molar-refractivity contribution in [1.29, 1.82) is 0 Å². The molecule has 0 aliphatic carbocycles. The van der Waals surface area contributed by atoms with Crippen molar-refractivity contribution in [2.45, 2.75) is 0 Å². The van der Waals surface area contributed by atoms with Crippen molar-refractivity contribution in [3.63, 3.8) is 0 Å². The molecule has 0 aromatic carbocycles. The van der Waals surface area contributed by atoms with Crippen LogP contribution in [0.15, 0.2) is 10.7 Å². The zero-order valence-electron chi connectivity index (χ0n) is 6.14. The van der Waals surface area contributed by atoms with Crippen molar-refractivity contribution in [3.8, 4) is 0 Å². The fourth-order valence-electron chi connectivity index (χ4n) is 0.550. The summed E-state index contributed by atoms with van der Waals surface area (Å²) < 4.78 is 3.74. The minimum absolute atomic E-state index is 0.127. The molecule has 6 nitrogen and oxygen atoms in total. The van der Waals surface area contributed by atoms with E-state index in [4.69, 9.17) is 5.73 Å². The van der Waals surface area contributed by atoms with Gasteiger partial charge in [0, 0.05) is 0 Å². The van der Waals surface area contributed by atoms with E-state index in [1.54, 1.807) is 0 Å². The molecule has 1 rings (SSSR count). The highest BCUT2D eigenvalue weighted by atomic mass is 32.1. The number of amides is 1. The number of hydrogen-bond acceptors (Lipinski definition) is 6. The van der Waals surface area contributed by atoms with Gasteiger partial charge in [-0.2, -0.15) is 4.37 Å². The second-order valence-corrected chi connectivity index (χ2v) is 2.31. The minimum Gasteiger partial charge on any atom is -0.398 e. The van der Waals surface area contributed by atoms with E-state index in [0.29, 0.717) is 0 Å². The van der Waals surface area contributed by atoms with Gasteiger partial charge >= 0.3 is 0 Å². The van der Waals surface area contributed by atoms with E-state index in [9.17, 15) is 4.79 Å². The van der Waals surface area contributed by atoms with Gasteiger partial charge in [-0.25, -0.2) is 4.98 Å². The Kier molecular flexibility index (Phi) is 2.70. The van der Waals surface area contributed by atoms with Gasteiger partial charge in [0.2, 0.25) is 11.5 Å². The van der Waals surface area contributed by atoms with Gasteiger partial charge < -0.3 is 4.84 Å². The number of aromatic nitrogens is 2. The quantitative estimate of drug-likeness (QED) is 0.477. The molecule has 0 aliphatic rings. The van der Waals surface area contributed by atoms with E-state index in [2.05, 4.69) is 19.4 Å². The Bertz CT molecular complexity index is 294. The molecule has 0 unspecified atom stereocenters. The van der Waals surface area contributed by atoms with Crippen LogP contribution in [0.1, 0.15) is 5.82 Å². The van der Waals surface area contributed by atoms with Gasteiger partial charge in [-0.05, 0) is 11.5 Å². The highest BCUT2D eigenvalue weighted by molar-refractivity contribution is 7.03. The maximum absolute atomic E-state index is 10.6. The van der Waals surface area contributed by atoms with E-state index in [1.807, 2.05) is 0 Å². The first-order valence-corrected chi connectivity index (χ1v) is 3.73. The van der Waals surface area contributed by atoms with Crippen molar-refractivity contribution in [3.05, 3.63) is 11.3 Å². The average Bonchev–Trinajstić information content (AvgIpc) is 2.51. The van der Waals surface area contributed by atoms with Gasteiger partial charge in [-0.3, -0.25) is 10.5 Å². The summed E-state index contributed by atoms with van der Waals surface area (Å²) >= 11 is 1.08. The number of nitrogens with zero attached hydrogens (tertiary/aromatic N) is 3. The summed E-state index contributed by atoms with van der Waals surface area (Å²) in [6.45, 7) is 0. The Morgan fingerprint density at radius 2 is 2.58 bits per heavy atom. The lowest BCUT2D eigenvalue weighted by Gasteiger charge is -1.92. The van der Waals surface area contributed by atoms with E-state index in [-0.39, 0.29) is 11.5 Å². The molecule has 1 aromatic heterocycles. The van der Waals surface area contributed by atoms with Crippen molar-refractivity contribution in [2.75, 3.05) is 7.11 Å². The topological polar surface area (TPSA) is 88.2 Å². The first-order valence-electron chi connectivity index (χ1n) is 2.89. The maximum Gasteiger partial charge on any atom is 0.295 e. The smallest absolute Gasteiger partial charge is 0.295 e. The Balaban J connectivity index is 2.96. The van der Waals surface area contributed by atoms with E-state index >= 15 is 0 Å². The zero-order chi connectivity index (χ0) is 8.97. The fraction of sp³-hybridized carbons (Fsp3) is 0.200. The van der Waals surface area contributed by atoms with Crippen molar-refractivity contribution < 1.29 is 9.63 Å². The fourth-order valence-corrected chi connectivity index (χ4v) is 0.978. The molecular weight excluding hydrogens is 180 g/mol. The number of oxime groups is 1. The van der Waals surface area contributed by atoms with Gasteiger partial charge in [0.05, 0.1) is 0 Å². The predicted molar refractivity (Wildman–Crippen MR) is 41.6 cm³/mol. The first-order chi connectivity index (χ1) is 5.75. The van der Waals surface area contributed by atoms with Crippen LogP contribution in [0.3, 0.4) is 0 Å². The Hall–Kier alpha value is -1.50. The molecule has 0 atom stereocenters. The van der Waals surface area contributed by atoms with Crippen molar-refractivity contribution in [1.82, 2.24) is 15.1 Å². The molecule has 0 aliphatic heterocycles. The number of carbonyl (C=O) groups is 1. The van der Waals surface area contributed by atoms with Crippen LogP contribution in [-0.2, 0) is 9.63 Å². The highest BCUT2D eigenvalue weighted by Gasteiger charge is 2.15. The first kappa shape index (κ1) is 8.60. The maximum atomic E-state index is 10.6. The SMILES string of the molecule is CON=C(C([NH])=O)c1ncsn1. The summed E-state index contributed by atoms with van der Waals surface area (Å²) in [5, 5.41) is 3.33. The van der Waals surface area contributed by atoms with Crippen LogP contribution in [-0.4, -0.2) is 28.1 Å². The van der Waals surface area contributed by atoms with E-state index in [1.165, 1.54) is 12.6 Å². The molecule has 0 saturated carbocycles. The number of nitrogens with one attached hydrogen (secondary N) is 1. The molecule has 0 spiro atoms. The molecule has 0 saturated heterocycles. The standard InChI is InChI=1S/C5H5N4O2S/c1-11-8-3(4(6)10)5-7-2-12-9-5/h2,6H,1H3. The summed E-state index contributed by atoms with van der Waals surface area (Å²) in [6, 6.07) is 0. The van der Waals surface area contributed by atoms with Gasteiger partial charge in [0.25, 0.3) is 5.91 Å². The summed E-state index contributed by atoms with van der Waals surface area (Å²) in [6.07, 6.45) is 0. The summed E-state index contributed by atoms with van der Waals surface area (Å²) in [5.74, 6) is -0.836. The molecule has 1 aromatic rings. The lowest BCUT2D eigenvalue weighted by molar-refractivity contribution is -0.112. The molecular formula is C5H5N4O2S. The van der Waals surface area contributed by atoms with Crippen LogP contribution >= 0.6 is 11.5 Å². The van der Waals surface area contributed by atoms with Crippen molar-refractivity contribution in [2.24, 2.45) is 5.16 Å². The third kappa shape index (κ3) is 1.76. The Morgan fingerprint density at radius 1 is 1.83 bits per heavy atom. The highest BCUT2D eigenvalue weighted by Crippen LogP contribution is 1.97. The second-order valence-electron chi connectivity index (χ2n) is 1.71. The molecule has 12 heavy (non-hydrogen) atoms. The summed E-state index contributed by atoms with van der Waals surface area (Å²) in [7, 11) is 1.29. The predicted octanol–water partition coefficient (Wildman–Crippen LogP) is -0.302. The Labute approximate surface area is 72.2 Å². The van der Waals surface area contributed by atoms with Crippen LogP contribution < -0.4 is 5.73 Å². The van der Waals surface area contributed by atoms with Gasteiger partial charge in [-0.1, -0.05) is 5.16 Å². The van der Waals surface area contributed by atoms with E-state index < -0.39 is 5.91 Å². The molecule has 0 fully saturated rings. The average molecular weight is 185 g/mol. The largest absolute Gasteiger partial charge is 0.398 e. The second kappa shape index (κ2) is 3.77. The van der Waals surface area contributed by atoms with Gasteiger partial charge in [0.15, 0.2) is 0 Å². The third-order valence-corrected chi connectivity index (χ3v) is 1.45. The van der Waals surface area contributed by atoms with Crippen LogP contribution in [0.4, 0.5) is 0 Å². The van der Waals surface area contributed by atoms with Crippen molar-refractivity contribution >= 4 is 23.2 Å². The summed E-state index contributed by atoms with van der Waals surface area (Å²) in [4.78, 5) is 18.7. The molecule has 7 heteroatoms. The summed E-state index contributed by atoms with van der Waals surface area (Å²) in [5.41, 5.74) is 8.06. The zero-order valence-corrected chi connectivity index (χ0v) is 6.96. The number of carbonyl (C=O) groups excluding carboxylic acids is 1. The lowest BCUT2D eigenvalue weighted by Crippen LogP contribution is -2.17. The van der Waals surface area contributed by atoms with Crippen LogP contribution in [0.25, 0.3) is 0 Å². The molecule has 1 N–H and O–H groups in total. The molecule has 0 bridgehead atoms. The van der Waals surface area contributed by atoms with Crippen LogP contribution in [0.2, 0.25) is 0 Å². The molecule has 63 valence electrons. The molecule has 1 amide bonds. The number of hydrogen-bond donors (Lipinski definition) is 0. The lowest BCUT2D eigenvalue weighted by atomic mass is 10.3. The van der Waals surface area contributed by atoms with Gasteiger partial charge in [-0.15, -0.1) is 0 Å².